The van der Waals surface area contributed by atoms with Gasteiger partial charge >= 0.3 is 0 Å². The van der Waals surface area contributed by atoms with Gasteiger partial charge in [-0.1, -0.05) is 17.7 Å². The van der Waals surface area contributed by atoms with Crippen molar-refractivity contribution in [3.8, 4) is 5.75 Å². The number of ether oxygens (including phenoxy) is 2. The maximum absolute atomic E-state index is 5.80. The molecule has 106 valence electrons. The molecule has 3 heteroatoms. The number of rotatable bonds is 6. The Morgan fingerprint density at radius 2 is 2.26 bits per heavy atom. The van der Waals surface area contributed by atoms with Crippen molar-refractivity contribution in [2.75, 3.05) is 19.8 Å². The van der Waals surface area contributed by atoms with Crippen molar-refractivity contribution in [3.63, 3.8) is 0 Å². The highest BCUT2D eigenvalue weighted by Gasteiger charge is 2.21. The van der Waals surface area contributed by atoms with Crippen molar-refractivity contribution in [2.45, 2.75) is 45.8 Å². The van der Waals surface area contributed by atoms with Crippen molar-refractivity contribution in [1.29, 1.82) is 0 Å². The van der Waals surface area contributed by atoms with E-state index in [-0.39, 0.29) is 0 Å². The summed E-state index contributed by atoms with van der Waals surface area (Å²) in [7, 11) is 0. The molecule has 2 rings (SSSR count). The van der Waals surface area contributed by atoms with E-state index < -0.39 is 0 Å². The SMILES string of the molecule is Cc1ccc(OCCNC(C)C2CCCO2)c(C)c1. The minimum atomic E-state index is 0.376. The fraction of sp³-hybridized carbons (Fsp3) is 0.625. The Bertz CT molecular complexity index is 400. The number of benzene rings is 1. The van der Waals surface area contributed by atoms with Crippen LogP contribution in [0.15, 0.2) is 18.2 Å². The molecule has 0 aromatic heterocycles. The van der Waals surface area contributed by atoms with Gasteiger partial charge in [-0.05, 0) is 45.2 Å². The average molecular weight is 263 g/mol. The van der Waals surface area contributed by atoms with Crippen LogP contribution in [0.5, 0.6) is 5.75 Å². The molecule has 1 saturated heterocycles. The second-order valence-electron chi connectivity index (χ2n) is 5.41. The van der Waals surface area contributed by atoms with Crippen molar-refractivity contribution in [1.82, 2.24) is 5.32 Å². The summed E-state index contributed by atoms with van der Waals surface area (Å²) in [5.74, 6) is 0.983. The average Bonchev–Trinajstić information content (AvgIpc) is 2.90. The normalized spacial score (nSPS) is 20.5. The molecule has 2 unspecified atom stereocenters. The molecule has 0 radical (unpaired) electrons. The van der Waals surface area contributed by atoms with Gasteiger partial charge in [-0.2, -0.15) is 0 Å². The number of hydrogen-bond acceptors (Lipinski definition) is 3. The molecule has 3 nitrogen and oxygen atoms in total. The summed E-state index contributed by atoms with van der Waals surface area (Å²) in [6, 6.07) is 6.70. The van der Waals surface area contributed by atoms with Crippen LogP contribution in [0, 0.1) is 13.8 Å². The third-order valence-electron chi connectivity index (χ3n) is 3.68. The first-order chi connectivity index (χ1) is 9.16. The highest BCUT2D eigenvalue weighted by molar-refractivity contribution is 5.35. The van der Waals surface area contributed by atoms with Crippen LogP contribution in [0.4, 0.5) is 0 Å². The maximum Gasteiger partial charge on any atom is 0.122 e. The van der Waals surface area contributed by atoms with Crippen LogP contribution >= 0.6 is 0 Å². The van der Waals surface area contributed by atoms with E-state index in [1.54, 1.807) is 0 Å². The zero-order valence-corrected chi connectivity index (χ0v) is 12.2. The maximum atomic E-state index is 5.80. The fourth-order valence-electron chi connectivity index (χ4n) is 2.54. The topological polar surface area (TPSA) is 30.5 Å². The predicted molar refractivity (Wildman–Crippen MR) is 77.8 cm³/mol. The Balaban J connectivity index is 1.68. The molecule has 1 aromatic carbocycles. The summed E-state index contributed by atoms with van der Waals surface area (Å²) in [4.78, 5) is 0. The summed E-state index contributed by atoms with van der Waals surface area (Å²) in [6.07, 6.45) is 2.74. The van der Waals surface area contributed by atoms with E-state index >= 15 is 0 Å². The minimum absolute atomic E-state index is 0.376. The van der Waals surface area contributed by atoms with Gasteiger partial charge in [0, 0.05) is 19.2 Å². The van der Waals surface area contributed by atoms with Crippen molar-refractivity contribution >= 4 is 0 Å². The summed E-state index contributed by atoms with van der Waals surface area (Å²) in [5.41, 5.74) is 2.47. The summed E-state index contributed by atoms with van der Waals surface area (Å²) in [5, 5.41) is 3.48. The smallest absolute Gasteiger partial charge is 0.122 e. The van der Waals surface area contributed by atoms with Gasteiger partial charge in [-0.15, -0.1) is 0 Å². The van der Waals surface area contributed by atoms with Crippen LogP contribution in [0.1, 0.15) is 30.9 Å². The molecule has 1 aliphatic rings. The molecule has 0 amide bonds. The molecule has 1 aliphatic heterocycles. The van der Waals surface area contributed by atoms with Crippen molar-refractivity contribution < 1.29 is 9.47 Å². The van der Waals surface area contributed by atoms with Crippen LogP contribution in [-0.4, -0.2) is 31.9 Å². The van der Waals surface area contributed by atoms with E-state index in [2.05, 4.69) is 38.2 Å². The lowest BCUT2D eigenvalue weighted by Gasteiger charge is -2.20. The lowest BCUT2D eigenvalue weighted by Crippen LogP contribution is -2.39. The Morgan fingerprint density at radius 1 is 1.42 bits per heavy atom. The molecule has 0 spiro atoms. The van der Waals surface area contributed by atoms with Crippen LogP contribution in [-0.2, 0) is 4.74 Å². The molecule has 2 atom stereocenters. The largest absolute Gasteiger partial charge is 0.492 e. The Kier molecular flexibility index (Phi) is 5.23. The van der Waals surface area contributed by atoms with Gasteiger partial charge in [-0.3, -0.25) is 0 Å². The van der Waals surface area contributed by atoms with E-state index in [1.165, 1.54) is 24.0 Å². The summed E-state index contributed by atoms with van der Waals surface area (Å²) < 4.78 is 11.5. The predicted octanol–water partition coefficient (Wildman–Crippen LogP) is 2.84. The molecule has 1 aromatic rings. The van der Waals surface area contributed by atoms with Crippen LogP contribution < -0.4 is 10.1 Å². The Labute approximate surface area is 116 Å². The number of hydrogen-bond donors (Lipinski definition) is 1. The lowest BCUT2D eigenvalue weighted by atomic mass is 10.1. The highest BCUT2D eigenvalue weighted by atomic mass is 16.5. The molecule has 0 bridgehead atoms. The van der Waals surface area contributed by atoms with Gasteiger partial charge in [0.2, 0.25) is 0 Å². The third-order valence-corrected chi connectivity index (χ3v) is 3.68. The molecule has 0 aliphatic carbocycles. The monoisotopic (exact) mass is 263 g/mol. The van der Waals surface area contributed by atoms with E-state index in [9.17, 15) is 0 Å². The first kappa shape index (κ1) is 14.4. The van der Waals surface area contributed by atoms with E-state index in [1.807, 2.05) is 6.07 Å². The van der Waals surface area contributed by atoms with E-state index in [0.29, 0.717) is 18.8 Å². The van der Waals surface area contributed by atoms with Crippen molar-refractivity contribution in [3.05, 3.63) is 29.3 Å². The Hall–Kier alpha value is -1.06. The molecule has 1 heterocycles. The van der Waals surface area contributed by atoms with Crippen LogP contribution in [0.2, 0.25) is 0 Å². The van der Waals surface area contributed by atoms with E-state index in [4.69, 9.17) is 9.47 Å². The summed E-state index contributed by atoms with van der Waals surface area (Å²) >= 11 is 0. The number of nitrogens with one attached hydrogen (secondary N) is 1. The quantitative estimate of drug-likeness (QED) is 0.801. The van der Waals surface area contributed by atoms with Gasteiger partial charge in [0.1, 0.15) is 12.4 Å². The molecular weight excluding hydrogens is 238 g/mol. The first-order valence-corrected chi connectivity index (χ1v) is 7.22. The molecule has 1 fully saturated rings. The third kappa shape index (κ3) is 4.22. The van der Waals surface area contributed by atoms with Gasteiger partial charge in [0.25, 0.3) is 0 Å². The zero-order chi connectivity index (χ0) is 13.7. The van der Waals surface area contributed by atoms with Gasteiger partial charge < -0.3 is 14.8 Å². The van der Waals surface area contributed by atoms with Crippen LogP contribution in [0.3, 0.4) is 0 Å². The number of aryl methyl sites for hydroxylation is 2. The molecule has 1 N–H and O–H groups in total. The standard InChI is InChI=1S/C16H25NO2/c1-12-6-7-15(13(2)11-12)19-10-8-17-14(3)16-5-4-9-18-16/h6-7,11,14,16-17H,4-5,8-10H2,1-3H3. The Morgan fingerprint density at radius 3 is 2.95 bits per heavy atom. The molecular formula is C16H25NO2. The molecule has 0 saturated carbocycles. The van der Waals surface area contributed by atoms with Gasteiger partial charge in [-0.25, -0.2) is 0 Å². The first-order valence-electron chi connectivity index (χ1n) is 7.22. The van der Waals surface area contributed by atoms with Crippen molar-refractivity contribution in [2.24, 2.45) is 0 Å². The van der Waals surface area contributed by atoms with Gasteiger partial charge in [0.15, 0.2) is 0 Å². The van der Waals surface area contributed by atoms with Crippen LogP contribution in [0.25, 0.3) is 0 Å². The fourth-order valence-corrected chi connectivity index (χ4v) is 2.54. The highest BCUT2D eigenvalue weighted by Crippen LogP contribution is 2.18. The van der Waals surface area contributed by atoms with E-state index in [0.717, 1.165) is 18.9 Å². The van der Waals surface area contributed by atoms with Gasteiger partial charge in [0.05, 0.1) is 6.10 Å². The summed E-state index contributed by atoms with van der Waals surface area (Å²) in [6.45, 7) is 8.84. The second kappa shape index (κ2) is 6.92. The molecule has 19 heavy (non-hydrogen) atoms. The minimum Gasteiger partial charge on any atom is -0.492 e. The lowest BCUT2D eigenvalue weighted by molar-refractivity contribution is 0.0824. The second-order valence-corrected chi connectivity index (χ2v) is 5.41. The zero-order valence-electron chi connectivity index (χ0n) is 12.2.